The van der Waals surface area contributed by atoms with Crippen molar-refractivity contribution in [2.45, 2.75) is 50.3 Å². The summed E-state index contributed by atoms with van der Waals surface area (Å²) < 4.78 is 4.91. The first-order valence-electron chi connectivity index (χ1n) is 9.12. The maximum absolute atomic E-state index is 12.7. The van der Waals surface area contributed by atoms with Gasteiger partial charge in [0.2, 0.25) is 5.91 Å². The van der Waals surface area contributed by atoms with Crippen LogP contribution in [0.2, 0.25) is 5.02 Å². The molecule has 0 saturated heterocycles. The van der Waals surface area contributed by atoms with E-state index in [-0.39, 0.29) is 29.6 Å². The largest absolute Gasteiger partial charge is 0.460 e. The molecule has 2 atom stereocenters. The Morgan fingerprint density at radius 1 is 1.25 bits per heavy atom. The molecule has 0 spiro atoms. The molecule has 0 aliphatic carbocycles. The molecule has 1 aromatic carbocycles. The minimum atomic E-state index is -0.591. The van der Waals surface area contributed by atoms with Gasteiger partial charge in [0.15, 0.2) is 0 Å². The van der Waals surface area contributed by atoms with Crippen LogP contribution < -0.4 is 5.32 Å². The first kappa shape index (κ1) is 22.2. The maximum Gasteiger partial charge on any atom is 0.378 e. The first-order chi connectivity index (χ1) is 13.3. The van der Waals surface area contributed by atoms with E-state index >= 15 is 0 Å². The number of aromatic nitrogens is 3. The highest BCUT2D eigenvalue weighted by Crippen LogP contribution is 2.26. The summed E-state index contributed by atoms with van der Waals surface area (Å²) in [6, 6.07) is 6.97. The van der Waals surface area contributed by atoms with E-state index in [1.807, 2.05) is 32.9 Å². The summed E-state index contributed by atoms with van der Waals surface area (Å²) in [5.41, 5.74) is 0. The Bertz CT molecular complexity index is 795. The summed E-state index contributed by atoms with van der Waals surface area (Å²) in [5.74, 6) is -0.0103. The standard InChI is InChI=1S/C19H25ClN4O3S/c1-5-27-19(26)17-22-16(23-24-17)15(10-11(2)3)21-18(25)12(4)28-14-8-6-13(20)7-9-14/h6-9,11-12,15H,5,10H2,1-4H3,(H,21,25)(H,22,23,24)/t12-,15-/m0/s1. The van der Waals surface area contributed by atoms with Crippen molar-refractivity contribution >= 4 is 35.2 Å². The number of aromatic amines is 1. The molecule has 152 valence electrons. The van der Waals surface area contributed by atoms with Crippen LogP contribution in [-0.4, -0.2) is 38.9 Å². The molecule has 2 aromatic rings. The second-order valence-electron chi connectivity index (χ2n) is 6.67. The van der Waals surface area contributed by atoms with Crippen LogP contribution >= 0.6 is 23.4 Å². The van der Waals surface area contributed by atoms with Gasteiger partial charge in [0.25, 0.3) is 5.82 Å². The fourth-order valence-corrected chi connectivity index (χ4v) is 3.49. The molecule has 7 nitrogen and oxygen atoms in total. The van der Waals surface area contributed by atoms with Gasteiger partial charge in [-0.15, -0.1) is 16.9 Å². The van der Waals surface area contributed by atoms with Gasteiger partial charge in [0.05, 0.1) is 17.9 Å². The van der Waals surface area contributed by atoms with Crippen LogP contribution in [0.25, 0.3) is 0 Å². The van der Waals surface area contributed by atoms with E-state index in [1.54, 1.807) is 19.1 Å². The molecule has 0 aliphatic rings. The lowest BCUT2D eigenvalue weighted by atomic mass is 10.0. The van der Waals surface area contributed by atoms with Crippen LogP contribution in [0.3, 0.4) is 0 Å². The van der Waals surface area contributed by atoms with Crippen LogP contribution in [0.5, 0.6) is 0 Å². The number of hydrogen-bond acceptors (Lipinski definition) is 6. The molecule has 28 heavy (non-hydrogen) atoms. The normalized spacial score (nSPS) is 13.2. The highest BCUT2D eigenvalue weighted by molar-refractivity contribution is 8.00. The van der Waals surface area contributed by atoms with E-state index < -0.39 is 5.97 Å². The zero-order chi connectivity index (χ0) is 20.7. The maximum atomic E-state index is 12.7. The fourth-order valence-electron chi connectivity index (χ4n) is 2.49. The van der Waals surface area contributed by atoms with Gasteiger partial charge in [0, 0.05) is 9.92 Å². The second kappa shape index (κ2) is 10.5. The van der Waals surface area contributed by atoms with Gasteiger partial charge in [-0.3, -0.25) is 9.89 Å². The summed E-state index contributed by atoms with van der Waals surface area (Å²) in [6.45, 7) is 7.90. The number of ether oxygens (including phenoxy) is 1. The Kier molecular flexibility index (Phi) is 8.32. The molecule has 0 saturated carbocycles. The molecule has 0 bridgehead atoms. The monoisotopic (exact) mass is 424 g/mol. The first-order valence-corrected chi connectivity index (χ1v) is 10.4. The van der Waals surface area contributed by atoms with Crippen LogP contribution in [-0.2, 0) is 9.53 Å². The van der Waals surface area contributed by atoms with Crippen LogP contribution in [0.4, 0.5) is 0 Å². The predicted octanol–water partition coefficient (Wildman–Crippen LogP) is 4.02. The topological polar surface area (TPSA) is 97.0 Å². The third-order valence-electron chi connectivity index (χ3n) is 3.81. The van der Waals surface area contributed by atoms with E-state index in [4.69, 9.17) is 16.3 Å². The Balaban J connectivity index is 2.07. The Labute approximate surface area is 174 Å². The molecule has 9 heteroatoms. The number of amides is 1. The number of carbonyl (C=O) groups excluding carboxylic acids is 2. The number of thioether (sulfide) groups is 1. The van der Waals surface area contributed by atoms with Crippen molar-refractivity contribution in [1.29, 1.82) is 0 Å². The van der Waals surface area contributed by atoms with Crippen molar-refractivity contribution in [1.82, 2.24) is 20.5 Å². The molecule has 0 aliphatic heterocycles. The summed E-state index contributed by atoms with van der Waals surface area (Å²) in [5, 5.41) is 10.0. The highest BCUT2D eigenvalue weighted by Gasteiger charge is 2.25. The third-order valence-corrected chi connectivity index (χ3v) is 5.17. The number of hydrogen-bond donors (Lipinski definition) is 2. The van der Waals surface area contributed by atoms with Crippen molar-refractivity contribution in [2.75, 3.05) is 6.61 Å². The lowest BCUT2D eigenvalue weighted by Gasteiger charge is -2.20. The lowest BCUT2D eigenvalue weighted by molar-refractivity contribution is -0.121. The molecule has 0 fully saturated rings. The zero-order valence-electron chi connectivity index (χ0n) is 16.4. The van der Waals surface area contributed by atoms with Crippen molar-refractivity contribution in [3.63, 3.8) is 0 Å². The Morgan fingerprint density at radius 3 is 2.54 bits per heavy atom. The van der Waals surface area contributed by atoms with Gasteiger partial charge in [-0.2, -0.15) is 0 Å². The average molecular weight is 425 g/mol. The molecule has 1 heterocycles. The summed E-state index contributed by atoms with van der Waals surface area (Å²) in [7, 11) is 0. The SMILES string of the molecule is CCOC(=O)c1n[nH]c([C@H](CC(C)C)NC(=O)[C@H](C)Sc2ccc(Cl)cc2)n1. The van der Waals surface area contributed by atoms with Gasteiger partial charge in [-0.25, -0.2) is 9.78 Å². The van der Waals surface area contributed by atoms with E-state index in [9.17, 15) is 9.59 Å². The average Bonchev–Trinajstić information content (AvgIpc) is 3.13. The van der Waals surface area contributed by atoms with E-state index in [0.717, 1.165) is 4.90 Å². The molecule has 1 amide bonds. The van der Waals surface area contributed by atoms with Crippen molar-refractivity contribution in [3.05, 3.63) is 40.9 Å². The van der Waals surface area contributed by atoms with Gasteiger partial charge in [-0.1, -0.05) is 25.4 Å². The number of nitrogens with one attached hydrogen (secondary N) is 2. The smallest absolute Gasteiger partial charge is 0.378 e. The van der Waals surface area contributed by atoms with E-state index in [2.05, 4.69) is 20.5 Å². The van der Waals surface area contributed by atoms with Crippen LogP contribution in [0, 0.1) is 5.92 Å². The minimum absolute atomic E-state index is 0.0385. The zero-order valence-corrected chi connectivity index (χ0v) is 17.9. The molecule has 2 rings (SSSR count). The molecular weight excluding hydrogens is 400 g/mol. The Hall–Kier alpha value is -2.06. The second-order valence-corrected chi connectivity index (χ2v) is 8.52. The number of H-pyrrole nitrogens is 1. The van der Waals surface area contributed by atoms with Crippen molar-refractivity contribution in [2.24, 2.45) is 5.92 Å². The quantitative estimate of drug-likeness (QED) is 0.466. The van der Waals surface area contributed by atoms with Gasteiger partial charge in [-0.05, 0) is 50.5 Å². The van der Waals surface area contributed by atoms with Gasteiger partial charge in [0.1, 0.15) is 5.82 Å². The number of rotatable bonds is 9. The number of nitrogens with zero attached hydrogens (tertiary/aromatic N) is 2. The Morgan fingerprint density at radius 2 is 1.93 bits per heavy atom. The molecule has 0 unspecified atom stereocenters. The number of benzene rings is 1. The predicted molar refractivity (Wildman–Crippen MR) is 109 cm³/mol. The summed E-state index contributed by atoms with van der Waals surface area (Å²) in [6.07, 6.45) is 0.654. The number of carbonyl (C=O) groups is 2. The van der Waals surface area contributed by atoms with Crippen molar-refractivity contribution in [3.8, 4) is 0 Å². The highest BCUT2D eigenvalue weighted by atomic mass is 35.5. The van der Waals surface area contributed by atoms with E-state index in [0.29, 0.717) is 23.2 Å². The van der Waals surface area contributed by atoms with Gasteiger partial charge < -0.3 is 10.1 Å². The molecular formula is C19H25ClN4O3S. The van der Waals surface area contributed by atoms with Gasteiger partial charge >= 0.3 is 5.97 Å². The minimum Gasteiger partial charge on any atom is -0.460 e. The third kappa shape index (κ3) is 6.53. The molecule has 1 aromatic heterocycles. The van der Waals surface area contributed by atoms with E-state index in [1.165, 1.54) is 11.8 Å². The number of halogens is 1. The molecule has 2 N–H and O–H groups in total. The fraction of sp³-hybridized carbons (Fsp3) is 0.474. The molecule has 0 radical (unpaired) electrons. The number of esters is 1. The van der Waals surface area contributed by atoms with Crippen LogP contribution in [0.15, 0.2) is 29.2 Å². The summed E-state index contributed by atoms with van der Waals surface area (Å²) in [4.78, 5) is 29.7. The lowest BCUT2D eigenvalue weighted by Crippen LogP contribution is -2.35. The van der Waals surface area contributed by atoms with Crippen molar-refractivity contribution < 1.29 is 14.3 Å². The van der Waals surface area contributed by atoms with Crippen LogP contribution in [0.1, 0.15) is 56.6 Å². The summed E-state index contributed by atoms with van der Waals surface area (Å²) >= 11 is 7.34.